The highest BCUT2D eigenvalue weighted by molar-refractivity contribution is 5.81. The van der Waals surface area contributed by atoms with Crippen LogP contribution in [0.2, 0.25) is 0 Å². The Kier molecular flexibility index (Phi) is 12.1. The summed E-state index contributed by atoms with van der Waals surface area (Å²) in [7, 11) is 0. The minimum atomic E-state index is 0.542. The summed E-state index contributed by atoms with van der Waals surface area (Å²) in [5.74, 6) is 1.23. The quantitative estimate of drug-likeness (QED) is 0.476. The van der Waals surface area contributed by atoms with Crippen LogP contribution in [0.5, 0.6) is 0 Å². The zero-order valence-electron chi connectivity index (χ0n) is 12.2. The Morgan fingerprint density at radius 1 is 1.00 bits per heavy atom. The van der Waals surface area contributed by atoms with E-state index in [1.54, 1.807) is 0 Å². The summed E-state index contributed by atoms with van der Waals surface area (Å²) in [6, 6.07) is 0. The fourth-order valence-electron chi connectivity index (χ4n) is 2.03. The van der Waals surface area contributed by atoms with E-state index in [0.717, 1.165) is 5.71 Å². The Balaban J connectivity index is 0. The van der Waals surface area contributed by atoms with E-state index in [9.17, 15) is 0 Å². The molecule has 1 nitrogen and oxygen atoms in total. The van der Waals surface area contributed by atoms with E-state index in [0.29, 0.717) is 11.8 Å². The number of hydrogen-bond acceptors (Lipinski definition) is 1. The second-order valence-corrected chi connectivity index (χ2v) is 4.09. The summed E-state index contributed by atoms with van der Waals surface area (Å²) in [4.78, 5) is 0. The van der Waals surface area contributed by atoms with Crippen molar-refractivity contribution in [3.63, 3.8) is 0 Å². The molecule has 16 heavy (non-hydrogen) atoms. The average Bonchev–Trinajstić information content (AvgIpc) is 2.34. The molecule has 1 fully saturated rings. The van der Waals surface area contributed by atoms with Gasteiger partial charge in [0.15, 0.2) is 0 Å². The van der Waals surface area contributed by atoms with Crippen LogP contribution in [0.1, 0.15) is 67.2 Å². The zero-order valence-corrected chi connectivity index (χ0v) is 12.2. The number of rotatable bonds is 2. The molecule has 0 saturated heterocycles. The topological polar surface area (TPSA) is 23.9 Å². The molecule has 0 heterocycles. The Labute approximate surface area is 103 Å². The number of allylic oxidation sites excluding steroid dienone is 1. The molecular weight excluding hydrogens is 194 g/mol. The molecule has 2 atom stereocenters. The lowest BCUT2D eigenvalue weighted by molar-refractivity contribution is 0.354. The predicted molar refractivity (Wildman–Crippen MR) is 76.4 cm³/mol. The first kappa shape index (κ1) is 17.8. The normalized spacial score (nSPS) is 23.1. The van der Waals surface area contributed by atoms with Gasteiger partial charge in [0, 0.05) is 5.71 Å². The molecular formula is C15H31N. The zero-order chi connectivity index (χ0) is 13.1. The molecule has 0 aromatic carbocycles. The molecule has 0 amide bonds. The van der Waals surface area contributed by atoms with Crippen molar-refractivity contribution < 1.29 is 0 Å². The van der Waals surface area contributed by atoms with Gasteiger partial charge in [0.05, 0.1) is 0 Å². The molecule has 1 N–H and O–H groups in total. The Morgan fingerprint density at radius 3 is 1.81 bits per heavy atom. The summed E-state index contributed by atoms with van der Waals surface area (Å²) in [5.41, 5.74) is 2.17. The smallest absolute Gasteiger partial charge is 0.00893 e. The van der Waals surface area contributed by atoms with Crippen molar-refractivity contribution in [2.75, 3.05) is 0 Å². The van der Waals surface area contributed by atoms with E-state index in [2.05, 4.69) is 13.5 Å². The molecule has 0 aliphatic heterocycles. The van der Waals surface area contributed by atoms with Crippen LogP contribution in [0.15, 0.2) is 12.2 Å². The first-order valence-electron chi connectivity index (χ1n) is 6.81. The fourth-order valence-corrected chi connectivity index (χ4v) is 2.03. The molecule has 0 aromatic heterocycles. The van der Waals surface area contributed by atoms with Gasteiger partial charge < -0.3 is 5.41 Å². The van der Waals surface area contributed by atoms with E-state index in [4.69, 9.17) is 5.41 Å². The summed E-state index contributed by atoms with van der Waals surface area (Å²) >= 11 is 0. The lowest BCUT2D eigenvalue weighted by Gasteiger charge is -2.28. The van der Waals surface area contributed by atoms with Crippen molar-refractivity contribution >= 4 is 5.71 Å². The molecule has 1 rings (SSSR count). The van der Waals surface area contributed by atoms with Gasteiger partial charge in [0.25, 0.3) is 0 Å². The predicted octanol–water partition coefficient (Wildman–Crippen LogP) is 5.46. The van der Waals surface area contributed by atoms with Gasteiger partial charge in [-0.05, 0) is 44.9 Å². The lowest BCUT2D eigenvalue weighted by Crippen LogP contribution is -2.20. The maximum atomic E-state index is 7.59. The third-order valence-electron chi connectivity index (χ3n) is 2.98. The van der Waals surface area contributed by atoms with Gasteiger partial charge in [0.2, 0.25) is 0 Å². The van der Waals surface area contributed by atoms with Crippen LogP contribution in [-0.2, 0) is 0 Å². The van der Waals surface area contributed by atoms with Crippen molar-refractivity contribution in [2.45, 2.75) is 67.2 Å². The fraction of sp³-hybridized carbons (Fsp3) is 0.800. The first-order valence-corrected chi connectivity index (χ1v) is 6.81. The van der Waals surface area contributed by atoms with Gasteiger partial charge in [-0.25, -0.2) is 0 Å². The van der Waals surface area contributed by atoms with Gasteiger partial charge in [-0.2, -0.15) is 0 Å². The van der Waals surface area contributed by atoms with Crippen LogP contribution < -0.4 is 0 Å². The summed E-state index contributed by atoms with van der Waals surface area (Å²) in [6.07, 6.45) is 4.96. The molecule has 96 valence electrons. The SMILES string of the molecule is C=C(C)C1CCCC(C(C)=N)C1.CC.CC. The van der Waals surface area contributed by atoms with Crippen LogP contribution in [0.4, 0.5) is 0 Å². The van der Waals surface area contributed by atoms with Crippen LogP contribution in [0.25, 0.3) is 0 Å². The van der Waals surface area contributed by atoms with Crippen LogP contribution >= 0.6 is 0 Å². The third kappa shape index (κ3) is 6.81. The van der Waals surface area contributed by atoms with Crippen LogP contribution in [0, 0.1) is 17.2 Å². The Hall–Kier alpha value is -0.590. The van der Waals surface area contributed by atoms with Crippen molar-refractivity contribution in [3.05, 3.63) is 12.2 Å². The van der Waals surface area contributed by atoms with Crippen molar-refractivity contribution in [2.24, 2.45) is 11.8 Å². The molecule has 0 spiro atoms. The number of nitrogens with one attached hydrogen (secondary N) is 1. The van der Waals surface area contributed by atoms with E-state index in [1.807, 2.05) is 34.6 Å². The van der Waals surface area contributed by atoms with Crippen LogP contribution in [0.3, 0.4) is 0 Å². The second-order valence-electron chi connectivity index (χ2n) is 4.09. The van der Waals surface area contributed by atoms with Gasteiger partial charge >= 0.3 is 0 Å². The third-order valence-corrected chi connectivity index (χ3v) is 2.98. The van der Waals surface area contributed by atoms with Crippen LogP contribution in [-0.4, -0.2) is 5.71 Å². The maximum absolute atomic E-state index is 7.59. The Bertz CT molecular complexity index is 174. The maximum Gasteiger partial charge on any atom is 0.00893 e. The molecule has 0 bridgehead atoms. The van der Waals surface area contributed by atoms with E-state index in [1.165, 1.54) is 31.3 Å². The van der Waals surface area contributed by atoms with E-state index < -0.39 is 0 Å². The highest BCUT2D eigenvalue weighted by Gasteiger charge is 2.23. The van der Waals surface area contributed by atoms with Gasteiger partial charge in [-0.15, -0.1) is 0 Å². The first-order chi connectivity index (χ1) is 7.61. The molecule has 1 aliphatic carbocycles. The van der Waals surface area contributed by atoms with Crippen molar-refractivity contribution in [1.82, 2.24) is 0 Å². The lowest BCUT2D eigenvalue weighted by atomic mass is 9.77. The summed E-state index contributed by atoms with van der Waals surface area (Å²) < 4.78 is 0. The summed E-state index contributed by atoms with van der Waals surface area (Å²) in [5, 5.41) is 7.59. The monoisotopic (exact) mass is 225 g/mol. The second kappa shape index (κ2) is 10.9. The Morgan fingerprint density at radius 2 is 1.44 bits per heavy atom. The minimum absolute atomic E-state index is 0.542. The van der Waals surface area contributed by atoms with Gasteiger partial charge in [-0.3, -0.25) is 0 Å². The largest absolute Gasteiger partial charge is 0.310 e. The number of hydrogen-bond donors (Lipinski definition) is 1. The molecule has 1 saturated carbocycles. The van der Waals surface area contributed by atoms with Crippen molar-refractivity contribution in [1.29, 1.82) is 5.41 Å². The molecule has 2 unspecified atom stereocenters. The highest BCUT2D eigenvalue weighted by atomic mass is 14.4. The van der Waals surface area contributed by atoms with Gasteiger partial charge in [-0.1, -0.05) is 46.3 Å². The summed E-state index contributed by atoms with van der Waals surface area (Å²) in [6.45, 7) is 16.1. The molecule has 1 heteroatoms. The molecule has 0 aromatic rings. The molecule has 0 radical (unpaired) electrons. The minimum Gasteiger partial charge on any atom is -0.310 e. The average molecular weight is 225 g/mol. The molecule has 1 aliphatic rings. The van der Waals surface area contributed by atoms with Crippen molar-refractivity contribution in [3.8, 4) is 0 Å². The van der Waals surface area contributed by atoms with E-state index >= 15 is 0 Å². The highest BCUT2D eigenvalue weighted by Crippen LogP contribution is 2.33. The standard InChI is InChI=1S/C11H19N.2C2H6/c1-8(2)10-5-4-6-11(7-10)9(3)12;2*1-2/h10-12H,1,4-7H2,2-3H3;2*1-2H3. The van der Waals surface area contributed by atoms with E-state index in [-0.39, 0.29) is 0 Å². The van der Waals surface area contributed by atoms with Gasteiger partial charge in [0.1, 0.15) is 0 Å².